The summed E-state index contributed by atoms with van der Waals surface area (Å²) in [5, 5.41) is 2.99. The van der Waals surface area contributed by atoms with Crippen molar-refractivity contribution in [3.63, 3.8) is 0 Å². The zero-order chi connectivity index (χ0) is 17.6. The quantitative estimate of drug-likeness (QED) is 0.524. The van der Waals surface area contributed by atoms with E-state index >= 15 is 0 Å². The lowest BCUT2D eigenvalue weighted by atomic mass is 10.1. The Balaban J connectivity index is 1.94. The first kappa shape index (κ1) is 21.1. The number of carbonyl (C=O) groups is 2. The molecule has 5 heteroatoms. The van der Waals surface area contributed by atoms with Gasteiger partial charge in [0.05, 0.1) is 0 Å². The highest BCUT2D eigenvalue weighted by Crippen LogP contribution is 2.05. The molecule has 0 radical (unpaired) electrons. The van der Waals surface area contributed by atoms with E-state index in [0.717, 1.165) is 45.4 Å². The third-order valence-electron chi connectivity index (χ3n) is 4.70. The number of Topliss-reactive ketones (excluding diaryl/α,β-unsaturated/α-hetero) is 1. The predicted molar refractivity (Wildman–Crippen MR) is 99.2 cm³/mol. The average molecular weight is 340 g/mol. The molecule has 1 heterocycles. The van der Waals surface area contributed by atoms with Crippen molar-refractivity contribution in [3.8, 4) is 0 Å². The predicted octanol–water partition coefficient (Wildman–Crippen LogP) is 2.45. The van der Waals surface area contributed by atoms with Crippen LogP contribution in [0.3, 0.4) is 0 Å². The van der Waals surface area contributed by atoms with Gasteiger partial charge in [0, 0.05) is 45.6 Å². The van der Waals surface area contributed by atoms with Crippen LogP contribution in [0.25, 0.3) is 0 Å². The number of unbranched alkanes of at least 4 members (excludes halogenated alkanes) is 3. The molecule has 0 atom stereocenters. The second-order valence-electron chi connectivity index (χ2n) is 7.00. The first-order valence-corrected chi connectivity index (χ1v) is 9.82. The van der Waals surface area contributed by atoms with Crippen molar-refractivity contribution in [1.82, 2.24) is 15.1 Å². The Morgan fingerprint density at radius 2 is 1.42 bits per heavy atom. The fourth-order valence-corrected chi connectivity index (χ4v) is 3.10. The lowest BCUT2D eigenvalue weighted by Crippen LogP contribution is -2.47. The van der Waals surface area contributed by atoms with Gasteiger partial charge in [-0.2, -0.15) is 0 Å². The molecule has 0 aromatic heterocycles. The fourth-order valence-electron chi connectivity index (χ4n) is 3.10. The summed E-state index contributed by atoms with van der Waals surface area (Å²) in [5.74, 6) is 0.333. The van der Waals surface area contributed by atoms with Gasteiger partial charge in [-0.05, 0) is 45.7 Å². The normalized spacial score (nSPS) is 16.2. The molecular weight excluding hydrogens is 302 g/mol. The maximum Gasteiger partial charge on any atom is 0.219 e. The number of ketones is 1. The van der Waals surface area contributed by atoms with E-state index in [1.165, 1.54) is 38.9 Å². The summed E-state index contributed by atoms with van der Waals surface area (Å²) < 4.78 is 0. The number of piperazine rings is 1. The molecule has 0 spiro atoms. The minimum absolute atomic E-state index is 0.124. The summed E-state index contributed by atoms with van der Waals surface area (Å²) in [4.78, 5) is 27.6. The average Bonchev–Trinajstić information content (AvgIpc) is 2.57. The van der Waals surface area contributed by atoms with Gasteiger partial charge in [0.2, 0.25) is 5.91 Å². The molecule has 0 bridgehead atoms. The molecule has 0 aromatic rings. The Kier molecular flexibility index (Phi) is 11.7. The highest BCUT2D eigenvalue weighted by Gasteiger charge is 2.15. The van der Waals surface area contributed by atoms with Crippen molar-refractivity contribution in [1.29, 1.82) is 0 Å². The molecule has 0 aromatic carbocycles. The van der Waals surface area contributed by atoms with Crippen LogP contribution >= 0.6 is 0 Å². The van der Waals surface area contributed by atoms with Gasteiger partial charge in [-0.15, -0.1) is 0 Å². The van der Waals surface area contributed by atoms with Gasteiger partial charge in [-0.3, -0.25) is 4.79 Å². The SMILES string of the molecule is CCCCCN1CCN(CCCNC(=O)CCCCC(C)=O)CC1. The van der Waals surface area contributed by atoms with Gasteiger partial charge < -0.3 is 19.9 Å². The zero-order valence-electron chi connectivity index (χ0n) is 15.8. The molecule has 1 aliphatic heterocycles. The topological polar surface area (TPSA) is 52.6 Å². The molecule has 1 N–H and O–H groups in total. The lowest BCUT2D eigenvalue weighted by Gasteiger charge is -2.34. The highest BCUT2D eigenvalue weighted by atomic mass is 16.1. The Labute approximate surface area is 148 Å². The van der Waals surface area contributed by atoms with Crippen molar-refractivity contribution in [2.75, 3.05) is 45.8 Å². The molecule has 1 rings (SSSR count). The Hall–Kier alpha value is -0.940. The molecule has 140 valence electrons. The van der Waals surface area contributed by atoms with Crippen LogP contribution in [0.15, 0.2) is 0 Å². The summed E-state index contributed by atoms with van der Waals surface area (Å²) in [6.45, 7) is 11.6. The van der Waals surface area contributed by atoms with Crippen molar-refractivity contribution >= 4 is 11.7 Å². The molecule has 0 aliphatic carbocycles. The highest BCUT2D eigenvalue weighted by molar-refractivity contribution is 5.76. The molecule has 0 unspecified atom stereocenters. The van der Waals surface area contributed by atoms with E-state index in [1.807, 2.05) is 0 Å². The van der Waals surface area contributed by atoms with Gasteiger partial charge >= 0.3 is 0 Å². The van der Waals surface area contributed by atoms with Crippen LogP contribution in [-0.4, -0.2) is 67.3 Å². The largest absolute Gasteiger partial charge is 0.356 e. The number of hydrogen-bond donors (Lipinski definition) is 1. The van der Waals surface area contributed by atoms with Crippen LogP contribution in [-0.2, 0) is 9.59 Å². The van der Waals surface area contributed by atoms with Crippen LogP contribution < -0.4 is 5.32 Å². The van der Waals surface area contributed by atoms with Gasteiger partial charge in [0.15, 0.2) is 0 Å². The number of amides is 1. The minimum atomic E-state index is 0.124. The van der Waals surface area contributed by atoms with E-state index in [9.17, 15) is 9.59 Å². The summed E-state index contributed by atoms with van der Waals surface area (Å²) in [6, 6.07) is 0. The maximum absolute atomic E-state index is 11.7. The van der Waals surface area contributed by atoms with Crippen LogP contribution in [0, 0.1) is 0 Å². The van der Waals surface area contributed by atoms with E-state index in [4.69, 9.17) is 0 Å². The lowest BCUT2D eigenvalue weighted by molar-refractivity contribution is -0.121. The standard InChI is InChI=1S/C19H37N3O2/c1-3-4-7-12-21-14-16-22(17-15-21)13-8-11-20-19(24)10-6-5-9-18(2)23/h3-17H2,1-2H3,(H,20,24). The van der Waals surface area contributed by atoms with Crippen LogP contribution in [0.4, 0.5) is 0 Å². The fraction of sp³-hybridized carbons (Fsp3) is 0.895. The zero-order valence-corrected chi connectivity index (χ0v) is 15.8. The molecular formula is C19H37N3O2. The number of nitrogens with one attached hydrogen (secondary N) is 1. The maximum atomic E-state index is 11.7. The third kappa shape index (κ3) is 10.8. The van der Waals surface area contributed by atoms with Crippen molar-refractivity contribution in [2.24, 2.45) is 0 Å². The van der Waals surface area contributed by atoms with Crippen LogP contribution in [0.2, 0.25) is 0 Å². The molecule has 5 nitrogen and oxygen atoms in total. The first-order valence-electron chi connectivity index (χ1n) is 9.82. The van der Waals surface area contributed by atoms with Crippen molar-refractivity contribution in [3.05, 3.63) is 0 Å². The number of nitrogens with zero attached hydrogens (tertiary/aromatic N) is 2. The third-order valence-corrected chi connectivity index (χ3v) is 4.70. The van der Waals surface area contributed by atoms with E-state index in [-0.39, 0.29) is 11.7 Å². The number of rotatable bonds is 13. The van der Waals surface area contributed by atoms with Crippen molar-refractivity contribution in [2.45, 2.75) is 65.2 Å². The Morgan fingerprint density at radius 1 is 0.833 bits per heavy atom. The summed E-state index contributed by atoms with van der Waals surface area (Å²) >= 11 is 0. The van der Waals surface area contributed by atoms with E-state index in [1.54, 1.807) is 6.92 Å². The monoisotopic (exact) mass is 339 g/mol. The minimum Gasteiger partial charge on any atom is -0.356 e. The molecule has 1 amide bonds. The number of hydrogen-bond acceptors (Lipinski definition) is 4. The smallest absolute Gasteiger partial charge is 0.219 e. The van der Waals surface area contributed by atoms with Crippen LogP contribution in [0.5, 0.6) is 0 Å². The Morgan fingerprint density at radius 3 is 2.00 bits per heavy atom. The molecule has 1 aliphatic rings. The molecule has 24 heavy (non-hydrogen) atoms. The van der Waals surface area contributed by atoms with Gasteiger partial charge in [-0.1, -0.05) is 19.8 Å². The second kappa shape index (κ2) is 13.4. The Bertz CT molecular complexity index is 353. The first-order chi connectivity index (χ1) is 11.6. The van der Waals surface area contributed by atoms with E-state index in [0.29, 0.717) is 12.8 Å². The van der Waals surface area contributed by atoms with Gasteiger partial charge in [-0.25, -0.2) is 0 Å². The molecule has 1 saturated heterocycles. The summed E-state index contributed by atoms with van der Waals surface area (Å²) in [7, 11) is 0. The van der Waals surface area contributed by atoms with Gasteiger partial charge in [0.1, 0.15) is 5.78 Å². The van der Waals surface area contributed by atoms with Crippen LogP contribution in [0.1, 0.15) is 65.2 Å². The van der Waals surface area contributed by atoms with Crippen molar-refractivity contribution < 1.29 is 9.59 Å². The van der Waals surface area contributed by atoms with Gasteiger partial charge in [0.25, 0.3) is 0 Å². The van der Waals surface area contributed by atoms with E-state index < -0.39 is 0 Å². The number of carbonyl (C=O) groups excluding carboxylic acids is 2. The molecule has 1 fully saturated rings. The molecule has 0 saturated carbocycles. The van der Waals surface area contributed by atoms with E-state index in [2.05, 4.69) is 22.0 Å². The summed E-state index contributed by atoms with van der Waals surface area (Å²) in [5.41, 5.74) is 0. The second-order valence-corrected chi connectivity index (χ2v) is 7.00. The summed E-state index contributed by atoms with van der Waals surface area (Å²) in [6.07, 6.45) is 7.76.